The van der Waals surface area contributed by atoms with E-state index < -0.39 is 0 Å². The maximum absolute atomic E-state index is 4.72. The molecule has 5 heteroatoms. The van der Waals surface area contributed by atoms with Crippen LogP contribution in [0.15, 0.2) is 0 Å². The van der Waals surface area contributed by atoms with Gasteiger partial charge in [-0.2, -0.15) is 0 Å². The van der Waals surface area contributed by atoms with Crippen LogP contribution in [0.4, 0.5) is 11.6 Å². The molecule has 5 nitrogen and oxygen atoms in total. The molecule has 0 amide bonds. The molecule has 1 aliphatic rings. The zero-order valence-corrected chi connectivity index (χ0v) is 13.3. The van der Waals surface area contributed by atoms with Gasteiger partial charge in [0.05, 0.1) is 0 Å². The molecule has 1 saturated heterocycles. The minimum atomic E-state index is 0.334. The first-order chi connectivity index (χ1) is 9.51. The molecule has 0 saturated carbocycles. The number of likely N-dealkylation sites (tertiary alicyclic amines) is 1. The fourth-order valence-corrected chi connectivity index (χ4v) is 2.52. The number of rotatable bonds is 4. The molecule has 0 bridgehead atoms. The topological polar surface area (TPSA) is 53.1 Å². The molecule has 0 aliphatic carbocycles. The minimum absolute atomic E-state index is 0.334. The van der Waals surface area contributed by atoms with Gasteiger partial charge in [-0.15, -0.1) is 0 Å². The van der Waals surface area contributed by atoms with Crippen LogP contribution in [0.25, 0.3) is 0 Å². The summed E-state index contributed by atoms with van der Waals surface area (Å²) in [7, 11) is 4.10. The van der Waals surface area contributed by atoms with Gasteiger partial charge >= 0.3 is 0 Å². The van der Waals surface area contributed by atoms with E-state index in [9.17, 15) is 0 Å². The molecule has 2 heterocycles. The second kappa shape index (κ2) is 6.39. The monoisotopic (exact) mass is 277 g/mol. The smallest absolute Gasteiger partial charge is 0.135 e. The second-order valence-corrected chi connectivity index (χ2v) is 6.03. The van der Waals surface area contributed by atoms with Crippen molar-refractivity contribution in [3.8, 4) is 0 Å². The molecule has 0 spiro atoms. The summed E-state index contributed by atoms with van der Waals surface area (Å²) in [5.41, 5.74) is 1.11. The van der Waals surface area contributed by atoms with Crippen LogP contribution < -0.4 is 10.6 Å². The maximum atomic E-state index is 4.72. The van der Waals surface area contributed by atoms with Crippen LogP contribution in [0, 0.1) is 6.92 Å². The Morgan fingerprint density at radius 3 is 2.30 bits per heavy atom. The van der Waals surface area contributed by atoms with E-state index in [1.165, 1.54) is 12.8 Å². The Bertz CT molecular complexity index is 450. The summed E-state index contributed by atoms with van der Waals surface area (Å²) < 4.78 is 0. The van der Waals surface area contributed by atoms with Gasteiger partial charge in [0.2, 0.25) is 0 Å². The molecule has 0 radical (unpaired) electrons. The van der Waals surface area contributed by atoms with Gasteiger partial charge in [0.15, 0.2) is 0 Å². The van der Waals surface area contributed by atoms with Gasteiger partial charge in [0, 0.05) is 24.6 Å². The van der Waals surface area contributed by atoms with Crippen LogP contribution in [0.1, 0.15) is 44.0 Å². The van der Waals surface area contributed by atoms with Crippen molar-refractivity contribution in [3.63, 3.8) is 0 Å². The van der Waals surface area contributed by atoms with Crippen molar-refractivity contribution < 1.29 is 0 Å². The first-order valence-electron chi connectivity index (χ1n) is 7.52. The van der Waals surface area contributed by atoms with Crippen LogP contribution in [-0.2, 0) is 0 Å². The van der Waals surface area contributed by atoms with Crippen molar-refractivity contribution in [2.24, 2.45) is 0 Å². The minimum Gasteiger partial charge on any atom is -0.373 e. The molecule has 1 aliphatic heterocycles. The van der Waals surface area contributed by atoms with E-state index in [1.807, 2.05) is 7.05 Å². The Balaban J connectivity index is 2.19. The second-order valence-electron chi connectivity index (χ2n) is 6.03. The Morgan fingerprint density at radius 2 is 1.75 bits per heavy atom. The predicted molar refractivity (Wildman–Crippen MR) is 84.5 cm³/mol. The van der Waals surface area contributed by atoms with E-state index in [4.69, 9.17) is 4.98 Å². The first-order valence-corrected chi connectivity index (χ1v) is 7.52. The highest BCUT2D eigenvalue weighted by atomic mass is 15.1. The summed E-state index contributed by atoms with van der Waals surface area (Å²) in [6, 6.07) is 0.518. The van der Waals surface area contributed by atoms with Gasteiger partial charge in [-0.05, 0) is 39.9 Å². The molecule has 2 N–H and O–H groups in total. The Morgan fingerprint density at radius 1 is 1.15 bits per heavy atom. The van der Waals surface area contributed by atoms with Gasteiger partial charge < -0.3 is 15.5 Å². The number of aromatic nitrogens is 2. The summed E-state index contributed by atoms with van der Waals surface area (Å²) >= 11 is 0. The molecule has 2 rings (SSSR count). The molecule has 0 aromatic carbocycles. The van der Waals surface area contributed by atoms with Gasteiger partial charge in [-0.3, -0.25) is 0 Å². The lowest BCUT2D eigenvalue weighted by Crippen LogP contribution is -2.37. The van der Waals surface area contributed by atoms with Crippen molar-refractivity contribution in [2.75, 3.05) is 37.8 Å². The van der Waals surface area contributed by atoms with Crippen molar-refractivity contribution >= 4 is 11.6 Å². The van der Waals surface area contributed by atoms with Crippen LogP contribution in [0.5, 0.6) is 0 Å². The lowest BCUT2D eigenvalue weighted by Gasteiger charge is -2.30. The third-order valence-corrected chi connectivity index (χ3v) is 3.98. The zero-order chi connectivity index (χ0) is 14.7. The van der Waals surface area contributed by atoms with Crippen LogP contribution >= 0.6 is 0 Å². The number of hydrogen-bond acceptors (Lipinski definition) is 5. The lowest BCUT2D eigenvalue weighted by atomic mass is 10.1. The van der Waals surface area contributed by atoms with Crippen LogP contribution in [-0.4, -0.2) is 48.1 Å². The fourth-order valence-electron chi connectivity index (χ4n) is 2.52. The summed E-state index contributed by atoms with van der Waals surface area (Å²) in [6.45, 7) is 8.63. The summed E-state index contributed by atoms with van der Waals surface area (Å²) in [6.07, 6.45) is 2.34. The average Bonchev–Trinajstić information content (AvgIpc) is 2.43. The molecule has 1 aromatic rings. The molecule has 0 unspecified atom stereocenters. The van der Waals surface area contributed by atoms with Crippen molar-refractivity contribution in [2.45, 2.75) is 45.6 Å². The van der Waals surface area contributed by atoms with Crippen LogP contribution in [0.2, 0.25) is 0 Å². The van der Waals surface area contributed by atoms with E-state index in [1.54, 1.807) is 0 Å². The molecule has 1 fully saturated rings. The van der Waals surface area contributed by atoms with E-state index >= 15 is 0 Å². The molecular formula is C15H27N5. The van der Waals surface area contributed by atoms with Crippen molar-refractivity contribution in [1.82, 2.24) is 14.9 Å². The summed E-state index contributed by atoms with van der Waals surface area (Å²) in [5, 5.41) is 6.80. The SMILES string of the molecule is CNc1nc(C(C)C)nc(NC2CCN(C)CC2)c1C. The standard InChI is InChI=1S/C15H27N5/c1-10(2)13-18-14(16-4)11(3)15(19-13)17-12-6-8-20(5)9-7-12/h10,12H,6-9H2,1-5H3,(H2,16,17,18,19). The Kier molecular flexibility index (Phi) is 4.81. The quantitative estimate of drug-likeness (QED) is 0.885. The number of anilines is 2. The number of hydrogen-bond donors (Lipinski definition) is 2. The Hall–Kier alpha value is -1.36. The summed E-state index contributed by atoms with van der Waals surface area (Å²) in [5.74, 6) is 3.15. The molecule has 1 aromatic heterocycles. The molecule has 112 valence electrons. The normalized spacial score (nSPS) is 17.5. The number of piperidine rings is 1. The molecule has 0 atom stereocenters. The van der Waals surface area contributed by atoms with Crippen LogP contribution in [0.3, 0.4) is 0 Å². The maximum Gasteiger partial charge on any atom is 0.135 e. The predicted octanol–water partition coefficient (Wildman–Crippen LogP) is 2.46. The number of nitrogens with one attached hydrogen (secondary N) is 2. The van der Waals surface area contributed by atoms with Gasteiger partial charge in [0.1, 0.15) is 17.5 Å². The highest BCUT2D eigenvalue weighted by Crippen LogP contribution is 2.24. The largest absolute Gasteiger partial charge is 0.373 e. The zero-order valence-electron chi connectivity index (χ0n) is 13.3. The highest BCUT2D eigenvalue weighted by Gasteiger charge is 2.19. The van der Waals surface area contributed by atoms with Crippen molar-refractivity contribution in [3.05, 3.63) is 11.4 Å². The van der Waals surface area contributed by atoms with E-state index in [-0.39, 0.29) is 0 Å². The third-order valence-electron chi connectivity index (χ3n) is 3.98. The summed E-state index contributed by atoms with van der Waals surface area (Å²) in [4.78, 5) is 11.7. The third kappa shape index (κ3) is 3.39. The Labute approximate surface area is 122 Å². The molecule has 20 heavy (non-hydrogen) atoms. The lowest BCUT2D eigenvalue weighted by molar-refractivity contribution is 0.263. The van der Waals surface area contributed by atoms with Gasteiger partial charge in [0.25, 0.3) is 0 Å². The highest BCUT2D eigenvalue weighted by molar-refractivity contribution is 5.57. The van der Waals surface area contributed by atoms with Crippen molar-refractivity contribution in [1.29, 1.82) is 0 Å². The average molecular weight is 277 g/mol. The van der Waals surface area contributed by atoms with E-state index in [0.29, 0.717) is 12.0 Å². The fraction of sp³-hybridized carbons (Fsp3) is 0.733. The van der Waals surface area contributed by atoms with E-state index in [2.05, 4.69) is 48.3 Å². The number of nitrogens with zero attached hydrogens (tertiary/aromatic N) is 3. The molecular weight excluding hydrogens is 250 g/mol. The van der Waals surface area contributed by atoms with Gasteiger partial charge in [-0.25, -0.2) is 9.97 Å². The van der Waals surface area contributed by atoms with Gasteiger partial charge in [-0.1, -0.05) is 13.8 Å². The van der Waals surface area contributed by atoms with E-state index in [0.717, 1.165) is 36.1 Å². The first kappa shape index (κ1) is 15.0.